The minimum absolute atomic E-state index is 0.633. The van der Waals surface area contributed by atoms with Gasteiger partial charge in [-0.05, 0) is 24.1 Å². The van der Waals surface area contributed by atoms with Gasteiger partial charge in [-0.1, -0.05) is 30.9 Å². The molecule has 74 valence electrons. The predicted octanol–water partition coefficient (Wildman–Crippen LogP) is 4.19. The van der Waals surface area contributed by atoms with Gasteiger partial charge in [0.25, 0.3) is 0 Å². The molecule has 0 atom stereocenters. The molecule has 1 aromatic rings. The summed E-state index contributed by atoms with van der Waals surface area (Å²) in [5.74, 6) is 0. The fourth-order valence-electron chi connectivity index (χ4n) is 1.19. The van der Waals surface area contributed by atoms with Gasteiger partial charge in [0.2, 0.25) is 0 Å². The summed E-state index contributed by atoms with van der Waals surface area (Å²) in [6.45, 7) is 5.72. The van der Waals surface area contributed by atoms with Crippen LogP contribution in [0.2, 0.25) is 0 Å². The molecule has 0 bridgehead atoms. The second-order valence-corrected chi connectivity index (χ2v) is 3.91. The predicted molar refractivity (Wildman–Crippen MR) is 67.7 cm³/mol. The third-order valence-corrected chi connectivity index (χ3v) is 2.66. The van der Waals surface area contributed by atoms with Crippen LogP contribution < -0.4 is 0 Å². The van der Waals surface area contributed by atoms with Gasteiger partial charge in [-0.3, -0.25) is 0 Å². The molecule has 1 nitrogen and oxygen atoms in total. The molecule has 1 aromatic carbocycles. The Hall–Kier alpha value is -0.640. The fourth-order valence-corrected chi connectivity index (χ4v) is 1.74. The Bertz CT molecular complexity index is 370. The van der Waals surface area contributed by atoms with Gasteiger partial charge in [0.05, 0.1) is 0 Å². The van der Waals surface area contributed by atoms with Crippen molar-refractivity contribution in [1.29, 1.82) is 0 Å². The van der Waals surface area contributed by atoms with Crippen molar-refractivity contribution in [2.45, 2.75) is 11.8 Å². The van der Waals surface area contributed by atoms with Crippen molar-refractivity contribution < 1.29 is 4.55 Å². The van der Waals surface area contributed by atoms with E-state index in [1.165, 1.54) is 0 Å². The molecule has 0 unspecified atom stereocenters. The Labute approximate surface area is 94.2 Å². The van der Waals surface area contributed by atoms with Crippen LogP contribution in [0.3, 0.4) is 0 Å². The standard InChI is InChI=1S/C11H12OS2/c1-3-5-10-9(8(2)14-12)6-4-7-11(10)13/h3-7,12-13H,2H2,1H3/b5-3-. The van der Waals surface area contributed by atoms with Crippen LogP contribution in [0.15, 0.2) is 35.7 Å². The number of hydrogen-bond donors (Lipinski definition) is 2. The first-order valence-corrected chi connectivity index (χ1v) is 5.38. The zero-order valence-electron chi connectivity index (χ0n) is 7.90. The van der Waals surface area contributed by atoms with E-state index in [2.05, 4.69) is 19.2 Å². The van der Waals surface area contributed by atoms with Crippen LogP contribution in [0.25, 0.3) is 11.0 Å². The maximum atomic E-state index is 8.94. The Kier molecular flexibility index (Phi) is 4.32. The SMILES string of the molecule is C=C(SO)c1cccc(S)c1/C=C\C. The van der Waals surface area contributed by atoms with Gasteiger partial charge in [-0.25, -0.2) is 0 Å². The second kappa shape index (κ2) is 5.29. The number of allylic oxidation sites excluding steroid dienone is 1. The highest BCUT2D eigenvalue weighted by Gasteiger charge is 2.06. The molecule has 0 saturated heterocycles. The van der Waals surface area contributed by atoms with E-state index in [0.29, 0.717) is 16.9 Å². The maximum absolute atomic E-state index is 8.94. The molecule has 0 spiro atoms. The van der Waals surface area contributed by atoms with Crippen LogP contribution in [-0.2, 0) is 0 Å². The molecule has 0 saturated carbocycles. The van der Waals surface area contributed by atoms with Crippen LogP contribution in [0.1, 0.15) is 18.1 Å². The lowest BCUT2D eigenvalue weighted by atomic mass is 10.1. The largest absolute Gasteiger partial charge is 0.325 e. The van der Waals surface area contributed by atoms with Crippen molar-refractivity contribution in [2.75, 3.05) is 0 Å². The van der Waals surface area contributed by atoms with Crippen LogP contribution in [0, 0.1) is 0 Å². The lowest BCUT2D eigenvalue weighted by molar-refractivity contribution is 0.672. The summed E-state index contributed by atoms with van der Waals surface area (Å²) in [4.78, 5) is 1.52. The summed E-state index contributed by atoms with van der Waals surface area (Å²) in [6, 6.07) is 5.73. The second-order valence-electron chi connectivity index (χ2n) is 2.75. The number of thiol groups is 1. The van der Waals surface area contributed by atoms with E-state index in [1.54, 1.807) is 0 Å². The molecule has 0 aliphatic rings. The molecule has 1 N–H and O–H groups in total. The lowest BCUT2D eigenvalue weighted by Gasteiger charge is -2.08. The van der Waals surface area contributed by atoms with Crippen molar-refractivity contribution in [1.82, 2.24) is 0 Å². The third kappa shape index (κ3) is 2.44. The topological polar surface area (TPSA) is 20.2 Å². The minimum atomic E-state index is 0.633. The van der Waals surface area contributed by atoms with Gasteiger partial charge in [0.1, 0.15) is 0 Å². The number of rotatable bonds is 3. The lowest BCUT2D eigenvalue weighted by Crippen LogP contribution is -1.86. The molecule has 0 aliphatic carbocycles. The quantitative estimate of drug-likeness (QED) is 0.593. The van der Waals surface area contributed by atoms with Gasteiger partial charge in [0, 0.05) is 21.8 Å². The zero-order valence-corrected chi connectivity index (χ0v) is 9.61. The van der Waals surface area contributed by atoms with Gasteiger partial charge >= 0.3 is 0 Å². The molecule has 0 aliphatic heterocycles. The summed E-state index contributed by atoms with van der Waals surface area (Å²) in [5, 5.41) is 0. The van der Waals surface area contributed by atoms with E-state index in [9.17, 15) is 0 Å². The first-order valence-electron chi connectivity index (χ1n) is 4.16. The van der Waals surface area contributed by atoms with Crippen molar-refractivity contribution in [3.8, 4) is 0 Å². The Morgan fingerprint density at radius 2 is 2.29 bits per heavy atom. The van der Waals surface area contributed by atoms with Crippen molar-refractivity contribution in [2.24, 2.45) is 0 Å². The monoisotopic (exact) mass is 224 g/mol. The summed E-state index contributed by atoms with van der Waals surface area (Å²) < 4.78 is 8.94. The number of benzene rings is 1. The van der Waals surface area contributed by atoms with Crippen molar-refractivity contribution in [3.63, 3.8) is 0 Å². The van der Waals surface area contributed by atoms with Gasteiger partial charge in [0.15, 0.2) is 0 Å². The molecule has 0 amide bonds. The first-order chi connectivity index (χ1) is 6.70. The van der Waals surface area contributed by atoms with Gasteiger partial charge in [-0.15, -0.1) is 12.6 Å². The third-order valence-electron chi connectivity index (χ3n) is 1.83. The van der Waals surface area contributed by atoms with E-state index in [0.717, 1.165) is 16.0 Å². The molecular formula is C11H12OS2. The van der Waals surface area contributed by atoms with Crippen LogP contribution in [-0.4, -0.2) is 4.55 Å². The molecule has 0 aromatic heterocycles. The van der Waals surface area contributed by atoms with E-state index in [4.69, 9.17) is 4.55 Å². The zero-order chi connectivity index (χ0) is 10.6. The van der Waals surface area contributed by atoms with Crippen molar-refractivity contribution >= 4 is 35.7 Å². The average molecular weight is 224 g/mol. The molecule has 0 fully saturated rings. The van der Waals surface area contributed by atoms with Crippen LogP contribution in [0.4, 0.5) is 0 Å². The minimum Gasteiger partial charge on any atom is -0.325 e. The van der Waals surface area contributed by atoms with Gasteiger partial charge in [-0.2, -0.15) is 0 Å². The van der Waals surface area contributed by atoms with Crippen LogP contribution in [0.5, 0.6) is 0 Å². The molecular weight excluding hydrogens is 212 g/mol. The summed E-state index contributed by atoms with van der Waals surface area (Å²) in [5.41, 5.74) is 1.91. The maximum Gasteiger partial charge on any atom is 0.0357 e. The highest BCUT2D eigenvalue weighted by atomic mass is 32.2. The Balaban J connectivity index is 3.27. The smallest absolute Gasteiger partial charge is 0.0357 e. The Morgan fingerprint density at radius 1 is 1.57 bits per heavy atom. The van der Waals surface area contributed by atoms with E-state index < -0.39 is 0 Å². The van der Waals surface area contributed by atoms with Gasteiger partial charge < -0.3 is 4.55 Å². The fraction of sp³-hybridized carbons (Fsp3) is 0.0909. The van der Waals surface area contributed by atoms with Crippen molar-refractivity contribution in [3.05, 3.63) is 42.0 Å². The molecule has 1 rings (SSSR count). The molecule has 0 radical (unpaired) electrons. The Morgan fingerprint density at radius 3 is 2.86 bits per heavy atom. The molecule has 14 heavy (non-hydrogen) atoms. The molecule has 3 heteroatoms. The van der Waals surface area contributed by atoms with E-state index >= 15 is 0 Å². The molecule has 0 heterocycles. The first kappa shape index (κ1) is 11.4. The summed E-state index contributed by atoms with van der Waals surface area (Å²) in [6.07, 6.45) is 3.90. The van der Waals surface area contributed by atoms with Crippen LogP contribution >= 0.6 is 24.7 Å². The highest BCUT2D eigenvalue weighted by molar-refractivity contribution is 8.03. The van der Waals surface area contributed by atoms with E-state index in [-0.39, 0.29) is 0 Å². The number of hydrogen-bond acceptors (Lipinski definition) is 3. The summed E-state index contributed by atoms with van der Waals surface area (Å²) >= 11 is 5.02. The average Bonchev–Trinajstić information content (AvgIpc) is 2.20. The van der Waals surface area contributed by atoms with E-state index in [1.807, 2.05) is 37.3 Å². The summed E-state index contributed by atoms with van der Waals surface area (Å²) in [7, 11) is 0. The highest BCUT2D eigenvalue weighted by Crippen LogP contribution is 2.30. The normalized spacial score (nSPS) is 10.8.